The molecule has 0 bridgehead atoms. The molecule has 2 aliphatic heterocycles. The van der Waals surface area contributed by atoms with Gasteiger partial charge < -0.3 is 10.1 Å². The van der Waals surface area contributed by atoms with Gasteiger partial charge in [-0.15, -0.1) is 0 Å². The van der Waals surface area contributed by atoms with Crippen LogP contribution in [0, 0.1) is 6.92 Å². The maximum Gasteiger partial charge on any atom is 0.251 e. The Morgan fingerprint density at radius 2 is 2.13 bits per heavy atom. The van der Waals surface area contributed by atoms with Gasteiger partial charge in [0.25, 0.3) is 5.91 Å². The second-order valence-corrected chi connectivity index (χ2v) is 8.04. The van der Waals surface area contributed by atoms with Gasteiger partial charge in [0, 0.05) is 31.1 Å². The first-order valence-corrected chi connectivity index (χ1v) is 10.4. The van der Waals surface area contributed by atoms with E-state index in [-0.39, 0.29) is 18.0 Å². The lowest BCUT2D eigenvalue weighted by Crippen LogP contribution is -2.37. The number of hydrogen-bond donors (Lipinski definition) is 2. The van der Waals surface area contributed by atoms with Crippen molar-refractivity contribution >= 4 is 5.91 Å². The quantitative estimate of drug-likeness (QED) is 0.685. The number of aryl methyl sites for hydroxylation is 1. The fraction of sp³-hybridized carbons (Fsp3) is 0.348. The molecule has 0 aliphatic carbocycles. The zero-order chi connectivity index (χ0) is 20.5. The average molecular weight is 403 g/mol. The third-order valence-electron chi connectivity index (χ3n) is 5.83. The lowest BCUT2D eigenvalue weighted by atomic mass is 10.1. The Morgan fingerprint density at radius 3 is 2.93 bits per heavy atom. The van der Waals surface area contributed by atoms with Crippen molar-refractivity contribution in [1.29, 1.82) is 0 Å². The fourth-order valence-corrected chi connectivity index (χ4v) is 4.39. The number of fused-ring (bicyclic) bond motifs is 1. The van der Waals surface area contributed by atoms with E-state index in [0.29, 0.717) is 5.56 Å². The Hall–Kier alpha value is -3.19. The van der Waals surface area contributed by atoms with Gasteiger partial charge in [0.15, 0.2) is 5.82 Å². The van der Waals surface area contributed by atoms with Gasteiger partial charge in [0.2, 0.25) is 0 Å². The number of benzene rings is 2. The number of carbonyl (C=O) groups excluding carboxylic acids is 1. The number of carbonyl (C=O) groups is 1. The molecule has 5 rings (SSSR count). The van der Waals surface area contributed by atoms with Crippen LogP contribution >= 0.6 is 0 Å². The highest BCUT2D eigenvalue weighted by Crippen LogP contribution is 2.33. The van der Waals surface area contributed by atoms with Gasteiger partial charge in [-0.2, -0.15) is 5.10 Å². The minimum atomic E-state index is -0.0398. The standard InChI is InChI=1S/C23H25N5O2/c1-15-24-22(27-26-15)20-12-19(25-23(29)17-5-3-2-4-6-17)14-28(20)13-16-7-8-21-18(11-16)9-10-30-21/h2-8,11,19-20H,9-10,12-14H2,1H3,(H,25,29)(H,24,26,27)/t19-,20-/m0/s1. The Kier molecular flexibility index (Phi) is 4.96. The number of amides is 1. The molecule has 30 heavy (non-hydrogen) atoms. The normalized spacial score (nSPS) is 20.7. The van der Waals surface area contributed by atoms with E-state index in [1.807, 2.05) is 37.3 Å². The molecule has 2 aliphatic rings. The van der Waals surface area contributed by atoms with E-state index in [2.05, 4.69) is 43.6 Å². The monoisotopic (exact) mass is 403 g/mol. The molecular weight excluding hydrogens is 378 g/mol. The van der Waals surface area contributed by atoms with E-state index in [1.165, 1.54) is 11.1 Å². The Balaban J connectivity index is 1.34. The molecular formula is C23H25N5O2. The topological polar surface area (TPSA) is 83.1 Å². The summed E-state index contributed by atoms with van der Waals surface area (Å²) >= 11 is 0. The third-order valence-corrected chi connectivity index (χ3v) is 5.83. The molecule has 2 N–H and O–H groups in total. The number of ether oxygens (including phenoxy) is 1. The summed E-state index contributed by atoms with van der Waals surface area (Å²) in [4.78, 5) is 19.6. The largest absolute Gasteiger partial charge is 0.493 e. The van der Waals surface area contributed by atoms with Crippen LogP contribution in [0.4, 0.5) is 0 Å². The summed E-state index contributed by atoms with van der Waals surface area (Å²) in [6, 6.07) is 15.9. The van der Waals surface area contributed by atoms with Gasteiger partial charge in [-0.3, -0.25) is 14.8 Å². The Morgan fingerprint density at radius 1 is 1.27 bits per heavy atom. The summed E-state index contributed by atoms with van der Waals surface area (Å²) in [5.41, 5.74) is 3.19. The zero-order valence-corrected chi connectivity index (χ0v) is 17.0. The SMILES string of the molecule is Cc1nc([C@@H]2C[C@H](NC(=O)c3ccccc3)CN2Cc2ccc3c(c2)CCO3)n[nH]1. The van der Waals surface area contributed by atoms with Crippen molar-refractivity contribution in [3.63, 3.8) is 0 Å². The molecule has 0 spiro atoms. The zero-order valence-electron chi connectivity index (χ0n) is 17.0. The van der Waals surface area contributed by atoms with Crippen molar-refractivity contribution in [2.45, 2.75) is 38.4 Å². The lowest BCUT2D eigenvalue weighted by Gasteiger charge is -2.22. The molecule has 7 nitrogen and oxygen atoms in total. The average Bonchev–Trinajstić information content (AvgIpc) is 3.48. The maximum atomic E-state index is 12.7. The number of aromatic nitrogens is 3. The molecule has 3 heterocycles. The second-order valence-electron chi connectivity index (χ2n) is 8.04. The number of rotatable bonds is 5. The van der Waals surface area contributed by atoms with E-state index >= 15 is 0 Å². The summed E-state index contributed by atoms with van der Waals surface area (Å²) in [6.07, 6.45) is 1.74. The van der Waals surface area contributed by atoms with Crippen LogP contribution in [-0.4, -0.2) is 45.2 Å². The summed E-state index contributed by atoms with van der Waals surface area (Å²) in [5.74, 6) is 2.54. The van der Waals surface area contributed by atoms with Crippen molar-refractivity contribution in [3.05, 3.63) is 76.9 Å². The van der Waals surface area contributed by atoms with Gasteiger partial charge in [-0.25, -0.2) is 4.98 Å². The summed E-state index contributed by atoms with van der Waals surface area (Å²) < 4.78 is 5.63. The van der Waals surface area contributed by atoms with E-state index in [1.54, 1.807) is 0 Å². The van der Waals surface area contributed by atoms with Crippen molar-refractivity contribution in [2.24, 2.45) is 0 Å². The van der Waals surface area contributed by atoms with Crippen LogP contribution in [0.1, 0.15) is 45.6 Å². The van der Waals surface area contributed by atoms with Crippen LogP contribution in [-0.2, 0) is 13.0 Å². The molecule has 0 unspecified atom stereocenters. The second kappa shape index (κ2) is 7.91. The van der Waals surface area contributed by atoms with Crippen LogP contribution in [0.3, 0.4) is 0 Å². The predicted molar refractivity (Wildman–Crippen MR) is 112 cm³/mol. The molecule has 2 atom stereocenters. The first-order valence-electron chi connectivity index (χ1n) is 10.4. The smallest absolute Gasteiger partial charge is 0.251 e. The summed E-state index contributed by atoms with van der Waals surface area (Å²) in [6.45, 7) is 4.20. The maximum absolute atomic E-state index is 12.7. The van der Waals surface area contributed by atoms with Gasteiger partial charge in [0.05, 0.1) is 12.6 Å². The van der Waals surface area contributed by atoms with Crippen molar-refractivity contribution in [3.8, 4) is 5.75 Å². The third kappa shape index (κ3) is 3.80. The highest BCUT2D eigenvalue weighted by atomic mass is 16.5. The van der Waals surface area contributed by atoms with Crippen LogP contribution in [0.25, 0.3) is 0 Å². The van der Waals surface area contributed by atoms with E-state index < -0.39 is 0 Å². The number of nitrogens with zero attached hydrogens (tertiary/aromatic N) is 3. The molecule has 3 aromatic rings. The van der Waals surface area contributed by atoms with E-state index in [0.717, 1.165) is 49.9 Å². The van der Waals surface area contributed by atoms with Gasteiger partial charge in [-0.1, -0.05) is 30.3 Å². The fourth-order valence-electron chi connectivity index (χ4n) is 4.39. The minimum Gasteiger partial charge on any atom is -0.493 e. The van der Waals surface area contributed by atoms with Crippen molar-refractivity contribution < 1.29 is 9.53 Å². The van der Waals surface area contributed by atoms with Crippen LogP contribution in [0.5, 0.6) is 5.75 Å². The first kappa shape index (κ1) is 18.8. The molecule has 1 fully saturated rings. The molecule has 154 valence electrons. The molecule has 0 saturated carbocycles. The summed E-state index contributed by atoms with van der Waals surface area (Å²) in [5, 5.41) is 10.6. The number of likely N-dealkylation sites (tertiary alicyclic amines) is 1. The van der Waals surface area contributed by atoms with Crippen LogP contribution < -0.4 is 10.1 Å². The first-order chi connectivity index (χ1) is 14.7. The van der Waals surface area contributed by atoms with Crippen molar-refractivity contribution in [1.82, 2.24) is 25.4 Å². The molecule has 7 heteroatoms. The molecule has 1 amide bonds. The van der Waals surface area contributed by atoms with Crippen LogP contribution in [0.15, 0.2) is 48.5 Å². The number of aromatic amines is 1. The highest BCUT2D eigenvalue weighted by Gasteiger charge is 2.36. The molecule has 0 radical (unpaired) electrons. The molecule has 1 saturated heterocycles. The summed E-state index contributed by atoms with van der Waals surface area (Å²) in [7, 11) is 0. The van der Waals surface area contributed by atoms with Crippen LogP contribution in [0.2, 0.25) is 0 Å². The molecule has 1 aromatic heterocycles. The number of nitrogens with one attached hydrogen (secondary N) is 2. The Labute approximate surface area is 175 Å². The van der Waals surface area contributed by atoms with Gasteiger partial charge in [0.1, 0.15) is 11.6 Å². The Bertz CT molecular complexity index is 1050. The van der Waals surface area contributed by atoms with E-state index in [9.17, 15) is 4.79 Å². The predicted octanol–water partition coefficient (Wildman–Crippen LogP) is 2.79. The van der Waals surface area contributed by atoms with Gasteiger partial charge in [-0.05, 0) is 42.7 Å². The van der Waals surface area contributed by atoms with E-state index in [4.69, 9.17) is 4.74 Å². The van der Waals surface area contributed by atoms with Crippen molar-refractivity contribution in [2.75, 3.05) is 13.2 Å². The lowest BCUT2D eigenvalue weighted by molar-refractivity contribution is 0.0937. The number of H-pyrrole nitrogens is 1. The minimum absolute atomic E-state index is 0.0398. The van der Waals surface area contributed by atoms with Gasteiger partial charge >= 0.3 is 0 Å². The number of hydrogen-bond acceptors (Lipinski definition) is 5. The highest BCUT2D eigenvalue weighted by molar-refractivity contribution is 5.94. The molecule has 2 aromatic carbocycles.